The van der Waals surface area contributed by atoms with Gasteiger partial charge >= 0.3 is 0 Å². The van der Waals surface area contributed by atoms with Crippen molar-refractivity contribution in [3.8, 4) is 5.75 Å². The van der Waals surface area contributed by atoms with Gasteiger partial charge in [-0.3, -0.25) is 4.79 Å². The van der Waals surface area contributed by atoms with E-state index in [1.54, 1.807) is 6.92 Å². The minimum Gasteiger partial charge on any atom is -0.492 e. The average Bonchev–Trinajstić information content (AvgIpc) is 2.58. The second-order valence-corrected chi connectivity index (χ2v) is 8.82. The van der Waals surface area contributed by atoms with E-state index in [-0.39, 0.29) is 24.1 Å². The highest BCUT2D eigenvalue weighted by atomic mass is 32.2. The molecule has 1 N–H and O–H groups in total. The Bertz CT molecular complexity index is 683. The molecule has 1 heterocycles. The van der Waals surface area contributed by atoms with Crippen LogP contribution in [0.15, 0.2) is 18.2 Å². The molecule has 0 bridgehead atoms. The zero-order valence-corrected chi connectivity index (χ0v) is 16.1. The molecule has 1 amide bonds. The molecule has 0 unspecified atom stereocenters. The summed E-state index contributed by atoms with van der Waals surface area (Å²) >= 11 is 0. The van der Waals surface area contributed by atoms with Crippen LogP contribution in [0.5, 0.6) is 5.75 Å². The molecule has 6 nitrogen and oxygen atoms in total. The van der Waals surface area contributed by atoms with Gasteiger partial charge in [0.2, 0.25) is 15.9 Å². The van der Waals surface area contributed by atoms with Crippen molar-refractivity contribution in [1.82, 2.24) is 9.62 Å². The Hall–Kier alpha value is -1.60. The summed E-state index contributed by atoms with van der Waals surface area (Å²) < 4.78 is 31.1. The number of aryl methyl sites for hydroxylation is 2. The molecule has 1 saturated heterocycles. The molecule has 0 radical (unpaired) electrons. The van der Waals surface area contributed by atoms with Gasteiger partial charge in [0.15, 0.2) is 0 Å². The van der Waals surface area contributed by atoms with E-state index in [1.807, 2.05) is 26.0 Å². The van der Waals surface area contributed by atoms with Crippen LogP contribution < -0.4 is 10.1 Å². The predicted molar refractivity (Wildman–Crippen MR) is 98.2 cm³/mol. The Balaban J connectivity index is 1.78. The Morgan fingerprint density at radius 3 is 2.60 bits per heavy atom. The van der Waals surface area contributed by atoms with Crippen LogP contribution in [0.4, 0.5) is 0 Å². The highest BCUT2D eigenvalue weighted by Crippen LogP contribution is 2.20. The summed E-state index contributed by atoms with van der Waals surface area (Å²) in [6, 6.07) is 6.00. The first-order valence-corrected chi connectivity index (χ1v) is 10.4. The van der Waals surface area contributed by atoms with Crippen LogP contribution in [0.2, 0.25) is 0 Å². The lowest BCUT2D eigenvalue weighted by Crippen LogP contribution is -2.46. The van der Waals surface area contributed by atoms with E-state index < -0.39 is 10.0 Å². The van der Waals surface area contributed by atoms with Crippen molar-refractivity contribution in [1.29, 1.82) is 0 Å². The summed E-state index contributed by atoms with van der Waals surface area (Å²) in [7, 11) is -3.23. The molecule has 1 aliphatic heterocycles. The number of hydrogen-bond acceptors (Lipinski definition) is 4. The number of amides is 1. The lowest BCUT2D eigenvalue weighted by Gasteiger charge is -2.30. The summed E-state index contributed by atoms with van der Waals surface area (Å²) in [5, 5.41) is 2.86. The highest BCUT2D eigenvalue weighted by molar-refractivity contribution is 7.89. The topological polar surface area (TPSA) is 75.7 Å². The Morgan fingerprint density at radius 1 is 1.28 bits per heavy atom. The number of nitrogens with zero attached hydrogens (tertiary/aromatic N) is 1. The zero-order chi connectivity index (χ0) is 18.4. The fourth-order valence-corrected chi connectivity index (χ4v) is 4.27. The monoisotopic (exact) mass is 368 g/mol. The Morgan fingerprint density at radius 2 is 1.96 bits per heavy atom. The molecule has 25 heavy (non-hydrogen) atoms. The third kappa shape index (κ3) is 5.71. The van der Waals surface area contributed by atoms with Gasteiger partial charge in [0.1, 0.15) is 12.4 Å². The first kappa shape index (κ1) is 19.7. The number of carbonyl (C=O) groups excluding carboxylic acids is 1. The normalized spacial score (nSPS) is 18.8. The standard InChI is InChI=1S/C18H28N2O4S/c1-4-25(22,23)20-8-5-6-16(13-20)18(21)19-7-9-24-17-11-14(2)10-15(3)12-17/h10-12,16H,4-9,13H2,1-3H3,(H,19,21)/t16-/m0/s1. The zero-order valence-electron chi connectivity index (χ0n) is 15.2. The number of rotatable bonds is 7. The highest BCUT2D eigenvalue weighted by Gasteiger charge is 2.31. The third-order valence-electron chi connectivity index (χ3n) is 4.38. The molecule has 0 aromatic heterocycles. The lowest BCUT2D eigenvalue weighted by atomic mass is 9.99. The van der Waals surface area contributed by atoms with Crippen LogP contribution >= 0.6 is 0 Å². The van der Waals surface area contributed by atoms with E-state index in [2.05, 4.69) is 11.4 Å². The molecule has 1 aromatic rings. The average molecular weight is 368 g/mol. The first-order valence-electron chi connectivity index (χ1n) is 8.78. The summed E-state index contributed by atoms with van der Waals surface area (Å²) in [4.78, 5) is 12.3. The van der Waals surface area contributed by atoms with E-state index >= 15 is 0 Å². The molecule has 140 valence electrons. The fourth-order valence-electron chi connectivity index (χ4n) is 3.10. The molecular formula is C18H28N2O4S. The van der Waals surface area contributed by atoms with E-state index in [0.717, 1.165) is 29.7 Å². The molecule has 1 aliphatic rings. The van der Waals surface area contributed by atoms with Gasteiger partial charge in [0.25, 0.3) is 0 Å². The smallest absolute Gasteiger partial charge is 0.224 e. The molecule has 2 rings (SSSR count). The molecule has 1 aromatic carbocycles. The van der Waals surface area contributed by atoms with Crippen molar-refractivity contribution >= 4 is 15.9 Å². The summed E-state index contributed by atoms with van der Waals surface area (Å²) in [5.74, 6) is 0.492. The maximum absolute atomic E-state index is 12.3. The summed E-state index contributed by atoms with van der Waals surface area (Å²) in [5.41, 5.74) is 2.27. The van der Waals surface area contributed by atoms with Crippen molar-refractivity contribution in [3.05, 3.63) is 29.3 Å². The molecular weight excluding hydrogens is 340 g/mol. The van der Waals surface area contributed by atoms with Crippen LogP contribution in [0, 0.1) is 19.8 Å². The molecule has 7 heteroatoms. The van der Waals surface area contributed by atoms with Gasteiger partial charge in [-0.05, 0) is 56.9 Å². The van der Waals surface area contributed by atoms with Crippen LogP contribution in [0.1, 0.15) is 30.9 Å². The number of hydrogen-bond donors (Lipinski definition) is 1. The summed E-state index contributed by atoms with van der Waals surface area (Å²) in [6.45, 7) is 7.24. The van der Waals surface area contributed by atoms with E-state index in [9.17, 15) is 13.2 Å². The van der Waals surface area contributed by atoms with Gasteiger partial charge in [0.05, 0.1) is 18.2 Å². The largest absolute Gasteiger partial charge is 0.492 e. The van der Waals surface area contributed by atoms with Crippen molar-refractivity contribution in [2.75, 3.05) is 32.0 Å². The van der Waals surface area contributed by atoms with Crippen molar-refractivity contribution in [2.45, 2.75) is 33.6 Å². The van der Waals surface area contributed by atoms with E-state index in [4.69, 9.17) is 4.74 Å². The van der Waals surface area contributed by atoms with Gasteiger partial charge in [0, 0.05) is 13.1 Å². The number of carbonyl (C=O) groups is 1. The molecule has 1 atom stereocenters. The van der Waals surface area contributed by atoms with Crippen LogP contribution in [0.3, 0.4) is 0 Å². The van der Waals surface area contributed by atoms with Crippen molar-refractivity contribution in [2.24, 2.45) is 5.92 Å². The van der Waals surface area contributed by atoms with Gasteiger partial charge in [-0.2, -0.15) is 0 Å². The fraction of sp³-hybridized carbons (Fsp3) is 0.611. The van der Waals surface area contributed by atoms with Gasteiger partial charge < -0.3 is 10.1 Å². The lowest BCUT2D eigenvalue weighted by molar-refractivity contribution is -0.126. The SMILES string of the molecule is CCS(=O)(=O)N1CCC[C@H](C(=O)NCCOc2cc(C)cc(C)c2)C1. The summed E-state index contributed by atoms with van der Waals surface area (Å²) in [6.07, 6.45) is 1.44. The van der Waals surface area contributed by atoms with E-state index in [0.29, 0.717) is 19.7 Å². The first-order chi connectivity index (χ1) is 11.8. The number of piperidine rings is 1. The Kier molecular flexibility index (Phi) is 6.84. The van der Waals surface area contributed by atoms with Gasteiger partial charge in [-0.15, -0.1) is 0 Å². The second-order valence-electron chi connectivity index (χ2n) is 6.56. The maximum atomic E-state index is 12.3. The minimum absolute atomic E-state index is 0.0745. The van der Waals surface area contributed by atoms with Crippen LogP contribution in [-0.2, 0) is 14.8 Å². The van der Waals surface area contributed by atoms with Crippen LogP contribution in [-0.4, -0.2) is 50.6 Å². The molecule has 0 saturated carbocycles. The van der Waals surface area contributed by atoms with E-state index in [1.165, 1.54) is 4.31 Å². The van der Waals surface area contributed by atoms with Crippen molar-refractivity contribution in [3.63, 3.8) is 0 Å². The quantitative estimate of drug-likeness (QED) is 0.746. The van der Waals surface area contributed by atoms with Crippen LogP contribution in [0.25, 0.3) is 0 Å². The number of nitrogens with one attached hydrogen (secondary N) is 1. The minimum atomic E-state index is -3.23. The molecule has 0 spiro atoms. The number of sulfonamides is 1. The number of ether oxygens (including phenoxy) is 1. The molecule has 0 aliphatic carbocycles. The van der Waals surface area contributed by atoms with Gasteiger partial charge in [-0.1, -0.05) is 6.07 Å². The number of benzene rings is 1. The third-order valence-corrected chi connectivity index (χ3v) is 6.23. The molecule has 1 fully saturated rings. The van der Waals surface area contributed by atoms with Crippen molar-refractivity contribution < 1.29 is 17.9 Å². The maximum Gasteiger partial charge on any atom is 0.224 e. The predicted octanol–water partition coefficient (Wildman–Crippen LogP) is 1.86. The Labute approximate surface area is 150 Å². The second kappa shape index (κ2) is 8.67. The van der Waals surface area contributed by atoms with Gasteiger partial charge in [-0.25, -0.2) is 12.7 Å².